The monoisotopic (exact) mass is 464 g/mol. The molecule has 0 aliphatic carbocycles. The second-order valence-electron chi connectivity index (χ2n) is 6.87. The Kier molecular flexibility index (Phi) is 7.51. The highest BCUT2D eigenvalue weighted by atomic mass is 35.5. The van der Waals surface area contributed by atoms with Crippen LogP contribution in [0.25, 0.3) is 0 Å². The number of nitrogens with zero attached hydrogens (tertiary/aromatic N) is 1. The number of halogens is 4. The van der Waals surface area contributed by atoms with Crippen molar-refractivity contribution in [2.75, 3.05) is 10.8 Å². The molecule has 0 radical (unpaired) electrons. The second kappa shape index (κ2) is 10.1. The quantitative estimate of drug-likeness (QED) is 0.380. The van der Waals surface area contributed by atoms with Gasteiger partial charge in [-0.1, -0.05) is 85.1 Å². The van der Waals surface area contributed by atoms with E-state index in [1.54, 1.807) is 0 Å². The zero-order valence-corrected chi connectivity index (χ0v) is 18.0. The molecule has 0 aliphatic rings. The number of carbonyl (C=O) groups excluding carboxylic acids is 1. The van der Waals surface area contributed by atoms with Gasteiger partial charge in [-0.15, -0.1) is 0 Å². The molecule has 3 rings (SSSR count). The number of alkyl halides is 3. The van der Waals surface area contributed by atoms with Crippen LogP contribution in [0.1, 0.15) is 29.0 Å². The van der Waals surface area contributed by atoms with Crippen molar-refractivity contribution in [2.24, 2.45) is 0 Å². The summed E-state index contributed by atoms with van der Waals surface area (Å²) < 4.78 is 40.1. The molecular weight excluding hydrogens is 445 g/mol. The molecule has 0 saturated heterocycles. The molecule has 0 atom stereocenters. The number of benzene rings is 3. The molecule has 0 heterocycles. The Bertz CT molecular complexity index is 977. The van der Waals surface area contributed by atoms with Crippen molar-refractivity contribution < 1.29 is 18.0 Å². The van der Waals surface area contributed by atoms with Gasteiger partial charge >= 0.3 is 12.2 Å². The van der Waals surface area contributed by atoms with Crippen molar-refractivity contribution in [1.29, 1.82) is 0 Å². The van der Waals surface area contributed by atoms with Crippen molar-refractivity contribution in [3.8, 4) is 0 Å². The lowest BCUT2D eigenvalue weighted by atomic mass is 9.88. The summed E-state index contributed by atoms with van der Waals surface area (Å²) in [6, 6.07) is 22.4. The van der Waals surface area contributed by atoms with Crippen molar-refractivity contribution in [3.05, 3.63) is 101 Å². The first-order valence-electron chi connectivity index (χ1n) is 9.51. The fraction of sp³-hybridized carbons (Fsp3) is 0.174. The van der Waals surface area contributed by atoms with Gasteiger partial charge in [0.2, 0.25) is 0 Å². The maximum atomic E-state index is 13.1. The molecular formula is C23H20ClF3N2OS. The van der Waals surface area contributed by atoms with Crippen LogP contribution in [0, 0.1) is 0 Å². The summed E-state index contributed by atoms with van der Waals surface area (Å²) >= 11 is 9.70. The molecule has 0 saturated carbocycles. The number of anilines is 1. The highest BCUT2D eigenvalue weighted by Crippen LogP contribution is 2.37. The summed E-state index contributed by atoms with van der Waals surface area (Å²) in [5.41, 5.74) is 1.17. The Balaban J connectivity index is 1.68. The van der Waals surface area contributed by atoms with E-state index in [1.165, 1.54) is 6.07 Å². The molecule has 3 aromatic carbocycles. The van der Waals surface area contributed by atoms with Crippen LogP contribution in [0.3, 0.4) is 0 Å². The van der Waals surface area contributed by atoms with Gasteiger partial charge in [0, 0.05) is 12.5 Å². The van der Waals surface area contributed by atoms with Gasteiger partial charge in [0.15, 0.2) is 0 Å². The standard InChI is InChI=1S/C23H20ClF3N2OS/c24-21-12-11-18(15-20(21)23(25,26)27)29(31)22(30)28-14-13-19(16-7-3-1-4-8-16)17-9-5-2-6-10-17/h1-12,15,19,31H,13-14H2,(H,28,30). The molecule has 8 heteroatoms. The van der Waals surface area contributed by atoms with E-state index in [-0.39, 0.29) is 11.6 Å². The summed E-state index contributed by atoms with van der Waals surface area (Å²) in [7, 11) is 0. The van der Waals surface area contributed by atoms with Gasteiger partial charge in [0.1, 0.15) is 0 Å². The molecule has 31 heavy (non-hydrogen) atoms. The highest BCUT2D eigenvalue weighted by Gasteiger charge is 2.34. The molecule has 0 bridgehead atoms. The molecule has 1 N–H and O–H groups in total. The van der Waals surface area contributed by atoms with Crippen molar-refractivity contribution in [3.63, 3.8) is 0 Å². The van der Waals surface area contributed by atoms with Crippen LogP contribution in [0.15, 0.2) is 78.9 Å². The number of hydrogen-bond donors (Lipinski definition) is 2. The first-order valence-corrected chi connectivity index (χ1v) is 10.3. The zero-order chi connectivity index (χ0) is 22.4. The van der Waals surface area contributed by atoms with Crippen molar-refractivity contribution >= 4 is 36.1 Å². The smallest absolute Gasteiger partial charge is 0.337 e. The van der Waals surface area contributed by atoms with Crippen LogP contribution in [0.4, 0.5) is 23.7 Å². The summed E-state index contributed by atoms with van der Waals surface area (Å²) in [5.74, 6) is 0.0587. The van der Waals surface area contributed by atoms with Crippen LogP contribution in [0.5, 0.6) is 0 Å². The van der Waals surface area contributed by atoms with Gasteiger partial charge in [-0.2, -0.15) is 13.2 Å². The minimum atomic E-state index is -4.63. The van der Waals surface area contributed by atoms with E-state index < -0.39 is 22.8 Å². The molecule has 3 nitrogen and oxygen atoms in total. The fourth-order valence-electron chi connectivity index (χ4n) is 3.27. The van der Waals surface area contributed by atoms with Crippen LogP contribution in [-0.2, 0) is 6.18 Å². The third kappa shape index (κ3) is 5.95. The van der Waals surface area contributed by atoms with E-state index in [0.717, 1.165) is 27.6 Å². The third-order valence-corrected chi connectivity index (χ3v) is 5.55. The SMILES string of the molecule is O=C(NCCC(c1ccccc1)c1ccccc1)N(S)c1ccc(Cl)c(C(F)(F)F)c1. The van der Waals surface area contributed by atoms with Crippen LogP contribution < -0.4 is 9.62 Å². The maximum absolute atomic E-state index is 13.1. The Morgan fingerprint density at radius 2 is 1.52 bits per heavy atom. The van der Waals surface area contributed by atoms with E-state index in [2.05, 4.69) is 18.1 Å². The number of carbonyl (C=O) groups is 1. The van der Waals surface area contributed by atoms with Crippen LogP contribution >= 0.6 is 24.4 Å². The van der Waals surface area contributed by atoms with E-state index in [0.29, 0.717) is 13.0 Å². The minimum Gasteiger partial charge on any atom is -0.337 e. The number of amides is 2. The molecule has 2 amide bonds. The highest BCUT2D eigenvalue weighted by molar-refractivity contribution is 7.82. The molecule has 3 aromatic rings. The summed E-state index contributed by atoms with van der Waals surface area (Å²) in [6.07, 6.45) is -4.02. The normalized spacial score (nSPS) is 11.4. The minimum absolute atomic E-state index is 0.0276. The molecule has 0 spiro atoms. The molecule has 0 aliphatic heterocycles. The second-order valence-corrected chi connectivity index (χ2v) is 7.68. The molecule has 162 valence electrons. The Morgan fingerprint density at radius 1 is 0.968 bits per heavy atom. The molecule has 0 unspecified atom stereocenters. The number of thiol groups is 1. The van der Waals surface area contributed by atoms with Crippen molar-refractivity contribution in [1.82, 2.24) is 5.32 Å². The fourth-order valence-corrected chi connectivity index (χ4v) is 3.69. The maximum Gasteiger partial charge on any atom is 0.417 e. The van der Waals surface area contributed by atoms with Gasteiger partial charge in [-0.3, -0.25) is 0 Å². The summed E-state index contributed by atoms with van der Waals surface area (Å²) in [4.78, 5) is 12.5. The molecule has 0 aromatic heterocycles. The van der Waals surface area contributed by atoms with Gasteiger partial charge in [-0.05, 0) is 35.7 Å². The number of hydrogen-bond acceptors (Lipinski definition) is 2. The lowest BCUT2D eigenvalue weighted by Crippen LogP contribution is -2.35. The lowest BCUT2D eigenvalue weighted by molar-refractivity contribution is -0.137. The van der Waals surface area contributed by atoms with Gasteiger partial charge in [0.05, 0.1) is 16.3 Å². The molecule has 0 fully saturated rings. The lowest BCUT2D eigenvalue weighted by Gasteiger charge is -2.21. The third-order valence-electron chi connectivity index (χ3n) is 4.81. The van der Waals surface area contributed by atoms with Crippen LogP contribution in [-0.4, -0.2) is 12.6 Å². The largest absolute Gasteiger partial charge is 0.417 e. The van der Waals surface area contributed by atoms with E-state index >= 15 is 0 Å². The number of rotatable bonds is 6. The topological polar surface area (TPSA) is 32.3 Å². The van der Waals surface area contributed by atoms with Gasteiger partial charge in [-0.25, -0.2) is 9.10 Å². The van der Waals surface area contributed by atoms with E-state index in [1.807, 2.05) is 60.7 Å². The predicted molar refractivity (Wildman–Crippen MR) is 121 cm³/mol. The summed E-state index contributed by atoms with van der Waals surface area (Å²) in [6.45, 7) is 0.310. The average molecular weight is 465 g/mol. The first-order chi connectivity index (χ1) is 14.8. The average Bonchev–Trinajstić information content (AvgIpc) is 2.77. The Hall–Kier alpha value is -2.64. The van der Waals surface area contributed by atoms with Gasteiger partial charge < -0.3 is 5.32 Å². The Morgan fingerprint density at radius 3 is 2.03 bits per heavy atom. The number of nitrogens with one attached hydrogen (secondary N) is 1. The number of urea groups is 1. The zero-order valence-electron chi connectivity index (χ0n) is 16.3. The Labute approximate surface area is 189 Å². The van der Waals surface area contributed by atoms with E-state index in [9.17, 15) is 18.0 Å². The predicted octanol–water partition coefficient (Wildman–Crippen LogP) is 6.94. The van der Waals surface area contributed by atoms with Gasteiger partial charge in [0.25, 0.3) is 0 Å². The van der Waals surface area contributed by atoms with Crippen molar-refractivity contribution in [2.45, 2.75) is 18.5 Å². The van der Waals surface area contributed by atoms with E-state index in [4.69, 9.17) is 11.6 Å². The first kappa shape index (κ1) is 23.0. The summed E-state index contributed by atoms with van der Waals surface area (Å²) in [5, 5.41) is 2.28. The van der Waals surface area contributed by atoms with Crippen LogP contribution in [0.2, 0.25) is 5.02 Å².